The van der Waals surface area contributed by atoms with Gasteiger partial charge in [-0.15, -0.1) is 0 Å². The molecule has 0 spiro atoms. The van der Waals surface area contributed by atoms with E-state index in [2.05, 4.69) is 5.32 Å². The molecular weight excluding hydrogens is 166 g/mol. The fourth-order valence-corrected chi connectivity index (χ4v) is 1.15. The maximum atomic E-state index is 11.5. The second-order valence-corrected chi connectivity index (χ2v) is 3.72. The third-order valence-corrected chi connectivity index (χ3v) is 2.14. The Morgan fingerprint density at radius 3 is 2.38 bits per heavy atom. The Morgan fingerprint density at radius 2 is 2.08 bits per heavy atom. The molecule has 0 aromatic carbocycles. The first kappa shape index (κ1) is 12.2. The molecule has 4 heteroatoms. The fraction of sp³-hybridized carbons (Fsp3) is 0.889. The quantitative estimate of drug-likeness (QED) is 0.683. The van der Waals surface area contributed by atoms with Gasteiger partial charge >= 0.3 is 6.03 Å². The number of rotatable bonds is 4. The van der Waals surface area contributed by atoms with Crippen molar-refractivity contribution in [3.63, 3.8) is 0 Å². The van der Waals surface area contributed by atoms with Crippen LogP contribution in [0, 0.1) is 0 Å². The van der Waals surface area contributed by atoms with E-state index in [9.17, 15) is 4.79 Å². The average Bonchev–Trinajstić information content (AvgIpc) is 2.12. The average molecular weight is 187 g/mol. The van der Waals surface area contributed by atoms with E-state index < -0.39 is 0 Å². The summed E-state index contributed by atoms with van der Waals surface area (Å²) in [5, 5.41) is 2.62. The number of hydrogen-bond donors (Lipinski definition) is 2. The Kier molecular flexibility index (Phi) is 4.77. The first-order valence-electron chi connectivity index (χ1n) is 4.69. The molecule has 0 saturated carbocycles. The van der Waals surface area contributed by atoms with Gasteiger partial charge in [0.05, 0.1) is 5.54 Å². The van der Waals surface area contributed by atoms with E-state index in [1.807, 2.05) is 20.8 Å². The van der Waals surface area contributed by atoms with Gasteiger partial charge in [0.15, 0.2) is 0 Å². The molecule has 0 bridgehead atoms. The van der Waals surface area contributed by atoms with Crippen LogP contribution in [0.15, 0.2) is 0 Å². The van der Waals surface area contributed by atoms with Crippen molar-refractivity contribution < 1.29 is 4.79 Å². The second kappa shape index (κ2) is 5.07. The van der Waals surface area contributed by atoms with E-state index in [-0.39, 0.29) is 11.6 Å². The standard InChI is InChI=1S/C9H21N3O/c1-5-6-12(8(13)11-4)9(2,3)7-10/h5-7,10H2,1-4H3,(H,11,13). The number of nitrogens with two attached hydrogens (primary N) is 1. The highest BCUT2D eigenvalue weighted by atomic mass is 16.2. The lowest BCUT2D eigenvalue weighted by molar-refractivity contribution is 0.140. The normalized spacial score (nSPS) is 11.2. The minimum Gasteiger partial charge on any atom is -0.341 e. The van der Waals surface area contributed by atoms with Gasteiger partial charge in [0, 0.05) is 20.1 Å². The number of nitrogens with one attached hydrogen (secondary N) is 1. The lowest BCUT2D eigenvalue weighted by Gasteiger charge is -2.37. The highest BCUT2D eigenvalue weighted by molar-refractivity contribution is 5.74. The third kappa shape index (κ3) is 3.22. The minimum atomic E-state index is -0.268. The van der Waals surface area contributed by atoms with Crippen molar-refractivity contribution in [1.29, 1.82) is 0 Å². The number of hydrogen-bond acceptors (Lipinski definition) is 2. The summed E-state index contributed by atoms with van der Waals surface area (Å²) < 4.78 is 0. The summed E-state index contributed by atoms with van der Waals surface area (Å²) in [5.41, 5.74) is 5.34. The van der Waals surface area contributed by atoms with Crippen molar-refractivity contribution in [2.45, 2.75) is 32.7 Å². The molecule has 0 aliphatic carbocycles. The molecule has 0 fully saturated rings. The first-order valence-corrected chi connectivity index (χ1v) is 4.69. The van der Waals surface area contributed by atoms with Gasteiger partial charge in [-0.05, 0) is 20.3 Å². The molecule has 0 aliphatic rings. The predicted octanol–water partition coefficient (Wildman–Crippen LogP) is 0.775. The van der Waals surface area contributed by atoms with Crippen molar-refractivity contribution in [3.05, 3.63) is 0 Å². The molecule has 3 N–H and O–H groups in total. The molecule has 0 saturated heterocycles. The van der Waals surface area contributed by atoms with Gasteiger partial charge in [-0.3, -0.25) is 0 Å². The van der Waals surface area contributed by atoms with Crippen LogP contribution in [-0.4, -0.2) is 36.6 Å². The van der Waals surface area contributed by atoms with Crippen LogP contribution in [0.4, 0.5) is 4.79 Å². The number of amides is 2. The summed E-state index contributed by atoms with van der Waals surface area (Å²) in [6, 6.07) is -0.0581. The summed E-state index contributed by atoms with van der Waals surface area (Å²) in [6.45, 7) is 7.20. The molecule has 0 rings (SSSR count). The zero-order valence-corrected chi connectivity index (χ0v) is 9.05. The molecule has 0 aromatic heterocycles. The smallest absolute Gasteiger partial charge is 0.317 e. The number of carbonyl (C=O) groups is 1. The Morgan fingerprint density at radius 1 is 1.54 bits per heavy atom. The molecule has 78 valence electrons. The SMILES string of the molecule is CCCN(C(=O)NC)C(C)(C)CN. The van der Waals surface area contributed by atoms with Crippen LogP contribution in [0.2, 0.25) is 0 Å². The van der Waals surface area contributed by atoms with Crippen LogP contribution in [0.1, 0.15) is 27.2 Å². The predicted molar refractivity (Wildman–Crippen MR) is 54.6 cm³/mol. The molecule has 13 heavy (non-hydrogen) atoms. The molecule has 0 unspecified atom stereocenters. The van der Waals surface area contributed by atoms with Gasteiger partial charge in [0.25, 0.3) is 0 Å². The zero-order chi connectivity index (χ0) is 10.5. The van der Waals surface area contributed by atoms with E-state index >= 15 is 0 Å². The van der Waals surface area contributed by atoms with Crippen LogP contribution < -0.4 is 11.1 Å². The van der Waals surface area contributed by atoms with E-state index in [1.54, 1.807) is 11.9 Å². The van der Waals surface area contributed by atoms with Crippen molar-refractivity contribution in [1.82, 2.24) is 10.2 Å². The van der Waals surface area contributed by atoms with Crippen molar-refractivity contribution in [2.75, 3.05) is 20.1 Å². The highest BCUT2D eigenvalue weighted by Gasteiger charge is 2.27. The van der Waals surface area contributed by atoms with Crippen molar-refractivity contribution in [2.24, 2.45) is 5.73 Å². The van der Waals surface area contributed by atoms with Gasteiger partial charge in [0.2, 0.25) is 0 Å². The third-order valence-electron chi connectivity index (χ3n) is 2.14. The number of urea groups is 1. The van der Waals surface area contributed by atoms with E-state index in [0.29, 0.717) is 6.54 Å². The molecular formula is C9H21N3O. The Bertz CT molecular complexity index is 168. The van der Waals surface area contributed by atoms with Gasteiger partial charge < -0.3 is 16.0 Å². The van der Waals surface area contributed by atoms with Gasteiger partial charge in [0.1, 0.15) is 0 Å². The molecule has 0 aliphatic heterocycles. The largest absolute Gasteiger partial charge is 0.341 e. The summed E-state index contributed by atoms with van der Waals surface area (Å²) in [6.07, 6.45) is 0.941. The first-order chi connectivity index (χ1) is 5.99. The second-order valence-electron chi connectivity index (χ2n) is 3.72. The van der Waals surface area contributed by atoms with E-state index in [1.165, 1.54) is 0 Å². The Hall–Kier alpha value is -0.770. The summed E-state index contributed by atoms with van der Waals surface area (Å²) in [4.78, 5) is 13.2. The maximum absolute atomic E-state index is 11.5. The van der Waals surface area contributed by atoms with Gasteiger partial charge in [-0.2, -0.15) is 0 Å². The van der Waals surface area contributed by atoms with Crippen molar-refractivity contribution in [3.8, 4) is 0 Å². The van der Waals surface area contributed by atoms with Crippen LogP contribution >= 0.6 is 0 Å². The lowest BCUT2D eigenvalue weighted by Crippen LogP contribution is -2.55. The minimum absolute atomic E-state index is 0.0581. The van der Waals surface area contributed by atoms with Gasteiger partial charge in [-0.1, -0.05) is 6.92 Å². The summed E-state index contributed by atoms with van der Waals surface area (Å²) >= 11 is 0. The molecule has 0 heterocycles. The van der Waals surface area contributed by atoms with Crippen LogP contribution in [0.3, 0.4) is 0 Å². The summed E-state index contributed by atoms with van der Waals surface area (Å²) in [5.74, 6) is 0. The molecule has 4 nitrogen and oxygen atoms in total. The Balaban J connectivity index is 4.49. The molecule has 2 amide bonds. The fourth-order valence-electron chi connectivity index (χ4n) is 1.15. The van der Waals surface area contributed by atoms with Crippen LogP contribution in [0.5, 0.6) is 0 Å². The highest BCUT2D eigenvalue weighted by Crippen LogP contribution is 2.13. The Labute approximate surface area is 80.5 Å². The zero-order valence-electron chi connectivity index (χ0n) is 9.05. The maximum Gasteiger partial charge on any atom is 0.317 e. The van der Waals surface area contributed by atoms with E-state index in [0.717, 1.165) is 13.0 Å². The number of carbonyl (C=O) groups excluding carboxylic acids is 1. The molecule has 0 aromatic rings. The monoisotopic (exact) mass is 187 g/mol. The molecule has 0 atom stereocenters. The van der Waals surface area contributed by atoms with Gasteiger partial charge in [-0.25, -0.2) is 4.79 Å². The topological polar surface area (TPSA) is 58.4 Å². The van der Waals surface area contributed by atoms with E-state index in [4.69, 9.17) is 5.73 Å². The lowest BCUT2D eigenvalue weighted by atomic mass is 10.0. The van der Waals surface area contributed by atoms with Crippen LogP contribution in [0.25, 0.3) is 0 Å². The summed E-state index contributed by atoms with van der Waals surface area (Å²) in [7, 11) is 1.64. The molecule has 0 radical (unpaired) electrons. The van der Waals surface area contributed by atoms with Crippen molar-refractivity contribution >= 4 is 6.03 Å². The number of nitrogens with zero attached hydrogens (tertiary/aromatic N) is 1. The van der Waals surface area contributed by atoms with Crippen LogP contribution in [-0.2, 0) is 0 Å².